The summed E-state index contributed by atoms with van der Waals surface area (Å²) in [4.78, 5) is 18.2. The molecule has 1 heterocycles. The largest absolute Gasteiger partial charge is 0.489 e. The lowest BCUT2D eigenvalue weighted by Crippen LogP contribution is -2.31. The zero-order chi connectivity index (χ0) is 25.9. The number of nitro groups is 1. The molecular weight excluding hydrogens is 455 g/mol. The minimum Gasteiger partial charge on any atom is -0.423 e. The maximum Gasteiger partial charge on any atom is 0.489 e. The van der Waals surface area contributed by atoms with Crippen molar-refractivity contribution in [3.8, 4) is 11.4 Å². The fraction of sp³-hybridized carbons (Fsp3) is 0.296. The van der Waals surface area contributed by atoms with Gasteiger partial charge in [0, 0.05) is 18.2 Å². The minimum absolute atomic E-state index is 0.142. The third kappa shape index (κ3) is 6.93. The van der Waals surface area contributed by atoms with Gasteiger partial charge in [0.25, 0.3) is 5.69 Å². The van der Waals surface area contributed by atoms with Crippen LogP contribution < -0.4 is 10.8 Å². The first-order chi connectivity index (χ1) is 17.5. The second-order valence-electron chi connectivity index (χ2n) is 8.52. The second-order valence-corrected chi connectivity index (χ2v) is 8.52. The number of aromatic amines is 1. The maximum atomic E-state index is 10.6. The number of imidazole rings is 1. The number of nitrogens with zero attached hydrogens (tertiary/aromatic N) is 2. The van der Waals surface area contributed by atoms with E-state index in [0.717, 1.165) is 55.2 Å². The molecule has 9 heteroatoms. The van der Waals surface area contributed by atoms with Crippen molar-refractivity contribution in [1.29, 1.82) is 0 Å². The van der Waals surface area contributed by atoms with E-state index in [1.165, 1.54) is 11.6 Å². The van der Waals surface area contributed by atoms with Crippen molar-refractivity contribution in [3.63, 3.8) is 0 Å². The third-order valence-corrected chi connectivity index (χ3v) is 5.84. The Morgan fingerprint density at radius 2 is 1.69 bits per heavy atom. The van der Waals surface area contributed by atoms with Crippen LogP contribution in [0, 0.1) is 10.1 Å². The topological polar surface area (TPSA) is 124 Å². The fourth-order valence-electron chi connectivity index (χ4n) is 3.91. The summed E-state index contributed by atoms with van der Waals surface area (Å²) in [5.74, 6) is 0.669. The smallest absolute Gasteiger partial charge is 0.423 e. The molecule has 36 heavy (non-hydrogen) atoms. The highest BCUT2D eigenvalue weighted by molar-refractivity contribution is 6.60. The third-order valence-electron chi connectivity index (χ3n) is 5.84. The molecule has 0 aliphatic carbocycles. The number of hydrogen-bond acceptors (Lipinski definition) is 6. The van der Waals surface area contributed by atoms with Gasteiger partial charge in [0.1, 0.15) is 11.5 Å². The van der Waals surface area contributed by atoms with E-state index >= 15 is 0 Å². The van der Waals surface area contributed by atoms with E-state index in [4.69, 9.17) is 4.98 Å². The molecule has 4 aromatic rings. The number of hydrogen-bond donors (Lipinski definition) is 4. The zero-order valence-electron chi connectivity index (χ0n) is 20.8. The molecule has 0 saturated carbocycles. The number of anilines is 1. The Hall–Kier alpha value is -3.69. The van der Waals surface area contributed by atoms with Gasteiger partial charge in [-0.05, 0) is 42.4 Å². The molecule has 8 nitrogen and oxygen atoms in total. The lowest BCUT2D eigenvalue weighted by atomic mass is 9.77. The molecule has 1 aromatic heterocycles. The van der Waals surface area contributed by atoms with Crippen LogP contribution in [0.25, 0.3) is 22.4 Å². The normalized spacial score (nSPS) is 10.6. The van der Waals surface area contributed by atoms with E-state index in [1.54, 1.807) is 30.3 Å². The quantitative estimate of drug-likeness (QED) is 0.107. The molecule has 0 fully saturated rings. The van der Waals surface area contributed by atoms with Crippen LogP contribution in [0.1, 0.15) is 45.1 Å². The number of unbranched alkanes of at least 4 members (excludes halogenated alkanes) is 2. The first-order valence-electron chi connectivity index (χ1n) is 12.4. The van der Waals surface area contributed by atoms with Gasteiger partial charge >= 0.3 is 7.12 Å². The lowest BCUT2D eigenvalue weighted by Gasteiger charge is -2.05. The van der Waals surface area contributed by atoms with Crippen molar-refractivity contribution in [3.05, 3.63) is 82.4 Å². The average Bonchev–Trinajstić information content (AvgIpc) is 3.33. The van der Waals surface area contributed by atoms with Gasteiger partial charge in [0.2, 0.25) is 0 Å². The van der Waals surface area contributed by atoms with Crippen molar-refractivity contribution in [1.82, 2.24) is 9.97 Å². The van der Waals surface area contributed by atoms with E-state index < -0.39 is 7.12 Å². The number of nitrogens with one attached hydrogen (secondary N) is 2. The molecule has 188 valence electrons. The summed E-state index contributed by atoms with van der Waals surface area (Å²) in [6.45, 7) is 5.04. The van der Waals surface area contributed by atoms with Crippen LogP contribution in [0.2, 0.25) is 0 Å². The highest BCUT2D eigenvalue weighted by Crippen LogP contribution is 2.24. The number of para-hydroxylation sites is 3. The molecular formula is C27H33BN4O4. The Morgan fingerprint density at radius 1 is 0.972 bits per heavy atom. The predicted octanol–water partition coefficient (Wildman–Crippen LogP) is 5.06. The van der Waals surface area contributed by atoms with Crippen molar-refractivity contribution >= 4 is 35.0 Å². The highest BCUT2D eigenvalue weighted by atomic mass is 16.6. The molecule has 0 unspecified atom stereocenters. The van der Waals surface area contributed by atoms with Crippen LogP contribution >= 0.6 is 0 Å². The SMILES string of the molecule is CCCCNc1ccccc1[N+](=O)[O-].CCCCc1cccc2[nH]c(-c3ccccc3B(O)O)nc12. The van der Waals surface area contributed by atoms with Crippen molar-refractivity contribution in [2.75, 3.05) is 11.9 Å². The molecule has 0 aliphatic rings. The number of aryl methyl sites for hydroxylation is 1. The summed E-state index contributed by atoms with van der Waals surface area (Å²) in [5.41, 5.74) is 5.09. The standard InChI is InChI=1S/C17H19BN2O2.C10H14N2O2/c1-2-3-7-12-8-6-11-15-16(12)20-17(19-15)13-9-4-5-10-14(13)18(21)22;1-2-3-8-11-9-6-4-5-7-10(9)12(13)14/h4-6,8-11,21-22H,2-3,7H2,1H3,(H,19,20);4-7,11H,2-3,8H2,1H3. The summed E-state index contributed by atoms with van der Waals surface area (Å²) in [7, 11) is -1.51. The van der Waals surface area contributed by atoms with E-state index in [9.17, 15) is 20.2 Å². The van der Waals surface area contributed by atoms with Gasteiger partial charge in [-0.2, -0.15) is 0 Å². The van der Waals surface area contributed by atoms with Crippen LogP contribution in [0.15, 0.2) is 66.7 Å². The van der Waals surface area contributed by atoms with Crippen LogP contribution in [0.3, 0.4) is 0 Å². The summed E-state index contributed by atoms with van der Waals surface area (Å²) >= 11 is 0. The summed E-state index contributed by atoms with van der Waals surface area (Å²) in [5, 5.41) is 32.7. The summed E-state index contributed by atoms with van der Waals surface area (Å²) in [6, 6.07) is 20.0. The molecule has 0 saturated heterocycles. The van der Waals surface area contributed by atoms with E-state index in [-0.39, 0.29) is 10.6 Å². The summed E-state index contributed by atoms with van der Waals surface area (Å²) in [6.07, 6.45) is 5.38. The summed E-state index contributed by atoms with van der Waals surface area (Å²) < 4.78 is 0. The molecule has 0 bridgehead atoms. The van der Waals surface area contributed by atoms with Gasteiger partial charge in [-0.25, -0.2) is 4.98 Å². The van der Waals surface area contributed by atoms with Crippen LogP contribution in [-0.2, 0) is 6.42 Å². The van der Waals surface area contributed by atoms with Gasteiger partial charge in [0.15, 0.2) is 0 Å². The lowest BCUT2D eigenvalue weighted by molar-refractivity contribution is -0.384. The fourth-order valence-corrected chi connectivity index (χ4v) is 3.91. The number of fused-ring (bicyclic) bond motifs is 1. The monoisotopic (exact) mass is 488 g/mol. The van der Waals surface area contributed by atoms with Crippen molar-refractivity contribution in [2.45, 2.75) is 46.0 Å². The van der Waals surface area contributed by atoms with E-state index in [1.807, 2.05) is 24.3 Å². The first-order valence-corrected chi connectivity index (χ1v) is 12.4. The number of H-pyrrole nitrogens is 1. The van der Waals surface area contributed by atoms with Crippen LogP contribution in [-0.4, -0.2) is 38.6 Å². The number of benzene rings is 3. The van der Waals surface area contributed by atoms with Crippen molar-refractivity contribution < 1.29 is 15.0 Å². The first kappa shape index (κ1) is 26.9. The maximum absolute atomic E-state index is 10.6. The van der Waals surface area contributed by atoms with Gasteiger partial charge in [-0.3, -0.25) is 10.1 Å². The van der Waals surface area contributed by atoms with Gasteiger partial charge in [0.05, 0.1) is 16.0 Å². The molecule has 3 aromatic carbocycles. The number of rotatable bonds is 10. The predicted molar refractivity (Wildman–Crippen MR) is 146 cm³/mol. The molecule has 4 N–H and O–H groups in total. The van der Waals surface area contributed by atoms with Crippen LogP contribution in [0.4, 0.5) is 11.4 Å². The molecule has 0 atom stereocenters. The Morgan fingerprint density at radius 3 is 2.42 bits per heavy atom. The molecule has 0 spiro atoms. The number of nitro benzene ring substituents is 1. The van der Waals surface area contributed by atoms with Crippen molar-refractivity contribution in [2.24, 2.45) is 0 Å². The molecule has 0 aliphatic heterocycles. The Balaban J connectivity index is 0.000000223. The Labute approximate surface area is 211 Å². The average molecular weight is 488 g/mol. The minimum atomic E-state index is -1.51. The second kappa shape index (κ2) is 13.4. The van der Waals surface area contributed by atoms with Crippen LogP contribution in [0.5, 0.6) is 0 Å². The van der Waals surface area contributed by atoms with Gasteiger partial charge in [-0.1, -0.05) is 75.2 Å². The molecule has 0 amide bonds. The molecule has 0 radical (unpaired) electrons. The molecule has 4 rings (SSSR count). The van der Waals surface area contributed by atoms with Gasteiger partial charge in [-0.15, -0.1) is 0 Å². The Kier molecular flexibility index (Phi) is 10.0. The van der Waals surface area contributed by atoms with Gasteiger partial charge < -0.3 is 20.3 Å². The van der Waals surface area contributed by atoms with E-state index in [0.29, 0.717) is 17.0 Å². The highest BCUT2D eigenvalue weighted by Gasteiger charge is 2.19. The number of aromatic nitrogens is 2. The Bertz CT molecular complexity index is 1280. The zero-order valence-corrected chi connectivity index (χ0v) is 20.8. The van der Waals surface area contributed by atoms with E-state index in [2.05, 4.69) is 30.2 Å².